The quantitative estimate of drug-likeness (QED) is 0.292. The molecule has 0 saturated carbocycles. The molecule has 0 aliphatic rings. The predicted octanol–water partition coefficient (Wildman–Crippen LogP) is 1.19. The molecule has 25 heavy (non-hydrogen) atoms. The van der Waals surface area contributed by atoms with E-state index in [9.17, 15) is 9.59 Å². The summed E-state index contributed by atoms with van der Waals surface area (Å²) < 4.78 is 6.23. The van der Waals surface area contributed by atoms with Gasteiger partial charge in [0, 0.05) is 7.05 Å². The number of anilines is 1. The minimum atomic E-state index is -1.64. The second-order valence-electron chi connectivity index (χ2n) is 5.26. The molecule has 1 aromatic carbocycles. The first-order valence-corrected chi connectivity index (χ1v) is 8.64. The highest BCUT2D eigenvalue weighted by molar-refractivity contribution is 7.73. The molecular weight excluding hydrogens is 362 g/mol. The highest BCUT2D eigenvalue weighted by Crippen LogP contribution is 2.21. The van der Waals surface area contributed by atoms with Crippen LogP contribution in [0.15, 0.2) is 30.3 Å². The van der Waals surface area contributed by atoms with Crippen LogP contribution in [0.3, 0.4) is 0 Å². The number of aldehydes is 1. The Hall–Kier alpha value is -2.14. The van der Waals surface area contributed by atoms with Crippen LogP contribution in [0.25, 0.3) is 0 Å². The predicted molar refractivity (Wildman–Crippen MR) is 97.6 cm³/mol. The summed E-state index contributed by atoms with van der Waals surface area (Å²) in [6.07, 6.45) is -0.500. The van der Waals surface area contributed by atoms with Crippen LogP contribution >= 0.6 is 23.6 Å². The molecule has 0 fully saturated rings. The minimum Gasteiger partial charge on any atom is -0.369 e. The third kappa shape index (κ3) is 5.43. The largest absolute Gasteiger partial charge is 0.369 e. The average molecular weight is 381 g/mol. The van der Waals surface area contributed by atoms with Gasteiger partial charge in [0.15, 0.2) is 15.9 Å². The zero-order chi connectivity index (χ0) is 18.3. The molecule has 8 nitrogen and oxygen atoms in total. The second kappa shape index (κ2) is 8.81. The third-order valence-electron chi connectivity index (χ3n) is 3.43. The lowest BCUT2D eigenvalue weighted by Crippen LogP contribution is -2.60. The van der Waals surface area contributed by atoms with E-state index in [0.29, 0.717) is 15.4 Å². The maximum absolute atomic E-state index is 11.8. The lowest BCUT2D eigenvalue weighted by Gasteiger charge is -2.32. The molecule has 2 atom stereocenters. The highest BCUT2D eigenvalue weighted by atomic mass is 32.1. The van der Waals surface area contributed by atoms with Crippen molar-refractivity contribution in [3.05, 3.63) is 39.8 Å². The first kappa shape index (κ1) is 19.2. The first-order chi connectivity index (χ1) is 12.0. The topological polar surface area (TPSA) is 122 Å². The number of H-pyrrole nitrogens is 1. The van der Waals surface area contributed by atoms with Crippen molar-refractivity contribution in [2.45, 2.75) is 24.8 Å². The Bertz CT molecular complexity index is 764. The van der Waals surface area contributed by atoms with Gasteiger partial charge in [-0.25, -0.2) is 0 Å². The van der Waals surface area contributed by atoms with E-state index in [2.05, 4.69) is 20.8 Å². The molecule has 10 heteroatoms. The van der Waals surface area contributed by atoms with Crippen LogP contribution in [0, 0.1) is 3.95 Å². The van der Waals surface area contributed by atoms with Gasteiger partial charge in [-0.15, -0.1) is 5.10 Å². The number of benzene rings is 1. The summed E-state index contributed by atoms with van der Waals surface area (Å²) in [6, 6.07) is 9.38. The van der Waals surface area contributed by atoms with Crippen molar-refractivity contribution >= 4 is 40.9 Å². The Kier molecular flexibility index (Phi) is 6.76. The zero-order valence-electron chi connectivity index (χ0n) is 13.5. The molecule has 134 valence electrons. The molecule has 0 spiro atoms. The number of amides is 1. The standard InChI is InChI=1S/C15H19N5O3S2/c1-17-12(22)7-11(23-8-10-5-3-2-4-6-10)15(16,9-21)18-13-19-20-14(24)25-13/h2-6,9,11H,7-8,16H2,1H3,(H,17,22)(H,18,19)(H,20,24). The number of nitrogens with zero attached hydrogens (tertiary/aromatic N) is 1. The number of ether oxygens (including phenoxy) is 1. The minimum absolute atomic E-state index is 0.0958. The van der Waals surface area contributed by atoms with Crippen molar-refractivity contribution in [1.29, 1.82) is 0 Å². The number of hydrogen-bond donors (Lipinski definition) is 4. The Morgan fingerprint density at radius 1 is 1.52 bits per heavy atom. The number of carbonyl (C=O) groups excluding carboxylic acids is 2. The molecule has 2 rings (SSSR count). The number of nitrogens with one attached hydrogen (secondary N) is 3. The van der Waals surface area contributed by atoms with Gasteiger partial charge in [0.2, 0.25) is 11.0 Å². The molecule has 1 aromatic heterocycles. The SMILES string of the molecule is CNC(=O)CC(OCc1ccccc1)C(N)(C=O)Nc1n[nH]c(=S)s1. The fraction of sp³-hybridized carbons (Fsp3) is 0.333. The first-order valence-electron chi connectivity index (χ1n) is 7.42. The van der Waals surface area contributed by atoms with Crippen LogP contribution in [-0.4, -0.2) is 41.2 Å². The van der Waals surface area contributed by atoms with Crippen LogP contribution in [0.5, 0.6) is 0 Å². The van der Waals surface area contributed by atoms with E-state index < -0.39 is 11.8 Å². The van der Waals surface area contributed by atoms with Gasteiger partial charge >= 0.3 is 0 Å². The van der Waals surface area contributed by atoms with Crippen molar-refractivity contribution in [3.8, 4) is 0 Å². The fourth-order valence-corrected chi connectivity index (χ4v) is 2.93. The van der Waals surface area contributed by atoms with Crippen LogP contribution < -0.4 is 16.4 Å². The van der Waals surface area contributed by atoms with Crippen molar-refractivity contribution < 1.29 is 14.3 Å². The number of carbonyl (C=O) groups is 2. The van der Waals surface area contributed by atoms with Crippen LogP contribution in [-0.2, 0) is 20.9 Å². The summed E-state index contributed by atoms with van der Waals surface area (Å²) in [7, 11) is 1.50. The van der Waals surface area contributed by atoms with Gasteiger partial charge in [-0.2, -0.15) is 0 Å². The van der Waals surface area contributed by atoms with Crippen molar-refractivity contribution in [2.24, 2.45) is 5.73 Å². The molecule has 2 unspecified atom stereocenters. The monoisotopic (exact) mass is 381 g/mol. The summed E-state index contributed by atoms with van der Waals surface area (Å²) in [5, 5.41) is 12.2. The zero-order valence-corrected chi connectivity index (χ0v) is 15.2. The Balaban J connectivity index is 2.18. The molecule has 0 radical (unpaired) electrons. The molecule has 1 heterocycles. The lowest BCUT2D eigenvalue weighted by atomic mass is 10.0. The van der Waals surface area contributed by atoms with Crippen molar-refractivity contribution in [2.75, 3.05) is 12.4 Å². The lowest BCUT2D eigenvalue weighted by molar-refractivity contribution is -0.127. The summed E-state index contributed by atoms with van der Waals surface area (Å²) in [5.41, 5.74) is 5.44. The molecule has 5 N–H and O–H groups in total. The van der Waals surface area contributed by atoms with Crippen molar-refractivity contribution in [1.82, 2.24) is 15.5 Å². The fourth-order valence-electron chi connectivity index (χ4n) is 2.06. The van der Waals surface area contributed by atoms with E-state index >= 15 is 0 Å². The van der Waals surface area contributed by atoms with E-state index in [1.54, 1.807) is 0 Å². The van der Waals surface area contributed by atoms with E-state index in [4.69, 9.17) is 22.7 Å². The molecule has 0 aliphatic heterocycles. The Morgan fingerprint density at radius 2 is 2.24 bits per heavy atom. The molecule has 0 bridgehead atoms. The number of aromatic nitrogens is 2. The molecular formula is C15H19N5O3S2. The molecule has 0 saturated heterocycles. The summed E-state index contributed by atoms with van der Waals surface area (Å²) in [4.78, 5) is 23.5. The van der Waals surface area contributed by atoms with Crippen LogP contribution in [0.4, 0.5) is 5.13 Å². The van der Waals surface area contributed by atoms with Gasteiger partial charge in [0.1, 0.15) is 6.10 Å². The molecule has 2 aromatic rings. The maximum Gasteiger partial charge on any atom is 0.222 e. The third-order valence-corrected chi connectivity index (χ3v) is 4.44. The van der Waals surface area contributed by atoms with Crippen molar-refractivity contribution in [3.63, 3.8) is 0 Å². The van der Waals surface area contributed by atoms with E-state index in [1.165, 1.54) is 7.05 Å². The van der Waals surface area contributed by atoms with Gasteiger partial charge in [-0.3, -0.25) is 14.7 Å². The molecule has 0 aliphatic carbocycles. The number of hydrogen-bond acceptors (Lipinski definition) is 8. The van der Waals surface area contributed by atoms with E-state index in [0.717, 1.165) is 16.9 Å². The van der Waals surface area contributed by atoms with Gasteiger partial charge in [0.05, 0.1) is 13.0 Å². The van der Waals surface area contributed by atoms with Gasteiger partial charge in [-0.05, 0) is 17.8 Å². The summed E-state index contributed by atoms with van der Waals surface area (Å²) in [5.74, 6) is -0.300. The second-order valence-corrected chi connectivity index (χ2v) is 6.92. The number of nitrogens with two attached hydrogens (primary N) is 1. The smallest absolute Gasteiger partial charge is 0.222 e. The van der Waals surface area contributed by atoms with E-state index in [1.807, 2.05) is 30.3 Å². The van der Waals surface area contributed by atoms with Crippen LogP contribution in [0.2, 0.25) is 0 Å². The average Bonchev–Trinajstić information content (AvgIpc) is 3.03. The number of rotatable bonds is 9. The van der Waals surface area contributed by atoms with Gasteiger partial charge in [0.25, 0.3) is 0 Å². The normalized spacial score (nSPS) is 14.3. The van der Waals surface area contributed by atoms with E-state index in [-0.39, 0.29) is 18.9 Å². The molecule has 1 amide bonds. The summed E-state index contributed by atoms with van der Waals surface area (Å²) in [6.45, 7) is 0.202. The van der Waals surface area contributed by atoms with Gasteiger partial charge in [-0.1, -0.05) is 41.7 Å². The summed E-state index contributed by atoms with van der Waals surface area (Å²) >= 11 is 6.09. The van der Waals surface area contributed by atoms with Gasteiger partial charge < -0.3 is 21.1 Å². The Morgan fingerprint density at radius 3 is 2.80 bits per heavy atom. The Labute approximate surface area is 153 Å². The highest BCUT2D eigenvalue weighted by Gasteiger charge is 2.38. The number of aromatic amines is 1. The van der Waals surface area contributed by atoms with Crippen LogP contribution in [0.1, 0.15) is 12.0 Å². The maximum atomic E-state index is 11.8.